The lowest BCUT2D eigenvalue weighted by Crippen LogP contribution is -2.49. The molecule has 6 nitrogen and oxygen atoms in total. The molecule has 0 aliphatic rings. The molecule has 0 spiro atoms. The minimum atomic E-state index is -0.729. The third-order valence-corrected chi connectivity index (χ3v) is 4.88. The zero-order valence-corrected chi connectivity index (χ0v) is 17.4. The van der Waals surface area contributed by atoms with E-state index in [0.717, 1.165) is 57.2 Å². The Hall–Kier alpha value is -1.92. The minimum absolute atomic E-state index is 0.150. The molecule has 6 heteroatoms. The Kier molecular flexibility index (Phi) is 13.0. The number of amides is 2. The van der Waals surface area contributed by atoms with Gasteiger partial charge < -0.3 is 15.7 Å². The summed E-state index contributed by atoms with van der Waals surface area (Å²) in [5, 5.41) is 16.2. The number of aliphatic hydroxyl groups is 1. The van der Waals surface area contributed by atoms with Gasteiger partial charge in [-0.3, -0.25) is 14.5 Å². The Balaban J connectivity index is 2.22. The summed E-state index contributed by atoms with van der Waals surface area (Å²) in [4.78, 5) is 24.3. The average Bonchev–Trinajstić information content (AvgIpc) is 2.71. The predicted molar refractivity (Wildman–Crippen MR) is 113 cm³/mol. The zero-order valence-electron chi connectivity index (χ0n) is 17.4. The highest BCUT2D eigenvalue weighted by Gasteiger charge is 2.22. The summed E-state index contributed by atoms with van der Waals surface area (Å²) in [5.41, 5.74) is 1.08. The summed E-state index contributed by atoms with van der Waals surface area (Å²) in [6, 6.07) is 9.51. The van der Waals surface area contributed by atoms with Gasteiger partial charge in [0.15, 0.2) is 0 Å². The first-order valence-corrected chi connectivity index (χ1v) is 10.5. The van der Waals surface area contributed by atoms with Crippen LogP contribution in [0.5, 0.6) is 0 Å². The number of nitrogens with one attached hydrogen (secondary N) is 2. The topological polar surface area (TPSA) is 81.7 Å². The van der Waals surface area contributed by atoms with Crippen LogP contribution in [0.4, 0.5) is 0 Å². The molecule has 2 amide bonds. The number of unbranched alkanes of at least 4 members (excludes halogenated alkanes) is 4. The Morgan fingerprint density at radius 3 is 2.50 bits per heavy atom. The fraction of sp³-hybridized carbons (Fsp3) is 0.636. The van der Waals surface area contributed by atoms with Gasteiger partial charge in [-0.2, -0.15) is 0 Å². The van der Waals surface area contributed by atoms with Crippen molar-refractivity contribution in [2.75, 3.05) is 20.1 Å². The maximum absolute atomic E-state index is 11.5. The molecule has 2 atom stereocenters. The van der Waals surface area contributed by atoms with Crippen molar-refractivity contribution in [2.45, 2.75) is 70.6 Å². The second-order valence-corrected chi connectivity index (χ2v) is 7.34. The lowest BCUT2D eigenvalue weighted by Gasteiger charge is -2.30. The van der Waals surface area contributed by atoms with Gasteiger partial charge in [-0.15, -0.1) is 0 Å². The van der Waals surface area contributed by atoms with Gasteiger partial charge >= 0.3 is 0 Å². The smallest absolute Gasteiger partial charge is 0.219 e. The number of hydrogen-bond acceptors (Lipinski definition) is 4. The second-order valence-electron chi connectivity index (χ2n) is 7.34. The molecule has 0 heterocycles. The largest absolute Gasteiger partial charge is 0.376 e. The number of carbonyl (C=O) groups excluding carboxylic acids is 2. The van der Waals surface area contributed by atoms with Crippen molar-refractivity contribution >= 4 is 12.3 Å². The lowest BCUT2D eigenvalue weighted by molar-refractivity contribution is -0.121. The first-order valence-electron chi connectivity index (χ1n) is 10.5. The number of hydrogen-bond donors (Lipinski definition) is 3. The van der Waals surface area contributed by atoms with Crippen LogP contribution in [0.2, 0.25) is 0 Å². The van der Waals surface area contributed by atoms with Gasteiger partial charge in [-0.05, 0) is 38.3 Å². The van der Waals surface area contributed by atoms with Crippen molar-refractivity contribution in [1.82, 2.24) is 15.5 Å². The van der Waals surface area contributed by atoms with Crippen LogP contribution in [0.15, 0.2) is 30.3 Å². The highest BCUT2D eigenvalue weighted by Crippen LogP contribution is 2.11. The maximum atomic E-state index is 11.5. The van der Waals surface area contributed by atoms with Gasteiger partial charge in [0.05, 0.1) is 6.04 Å². The van der Waals surface area contributed by atoms with E-state index in [9.17, 15) is 14.7 Å². The summed E-state index contributed by atoms with van der Waals surface area (Å²) in [6.45, 7) is 3.58. The van der Waals surface area contributed by atoms with E-state index in [1.54, 1.807) is 0 Å². The molecule has 0 aliphatic carbocycles. The molecular formula is C22H37N3O3. The number of aliphatic hydroxyl groups excluding tert-OH is 1. The van der Waals surface area contributed by atoms with Gasteiger partial charge in [0.1, 0.15) is 6.23 Å². The van der Waals surface area contributed by atoms with Crippen molar-refractivity contribution in [3.8, 4) is 0 Å². The van der Waals surface area contributed by atoms with Gasteiger partial charge in [0, 0.05) is 19.5 Å². The van der Waals surface area contributed by atoms with Crippen molar-refractivity contribution in [1.29, 1.82) is 0 Å². The molecule has 0 saturated heterocycles. The summed E-state index contributed by atoms with van der Waals surface area (Å²) in [5.74, 6) is 0.150. The van der Waals surface area contributed by atoms with Crippen molar-refractivity contribution < 1.29 is 14.7 Å². The van der Waals surface area contributed by atoms with E-state index in [-0.39, 0.29) is 11.9 Å². The molecule has 28 heavy (non-hydrogen) atoms. The summed E-state index contributed by atoms with van der Waals surface area (Å²) < 4.78 is 0. The number of benzene rings is 1. The minimum Gasteiger partial charge on any atom is -0.376 e. The van der Waals surface area contributed by atoms with E-state index in [1.807, 2.05) is 49.2 Å². The van der Waals surface area contributed by atoms with Crippen LogP contribution in [0.25, 0.3) is 0 Å². The van der Waals surface area contributed by atoms with E-state index in [0.29, 0.717) is 19.3 Å². The zero-order chi connectivity index (χ0) is 20.6. The standard InChI is InChI=1S/C22H37N3O3/c1-3-15-23-21(27)14-10-5-4-6-11-16-25(2)22(28)20(24-18-26)17-19-12-8-7-9-13-19/h7-9,12-13,18,20,22,28H,3-6,10-11,14-17H2,1-2H3,(H,23,27)(H,24,26)/t20-,22?/m1/s1. The first kappa shape index (κ1) is 24.1. The quantitative estimate of drug-likeness (QED) is 0.230. The van der Waals surface area contributed by atoms with Crippen molar-refractivity contribution in [3.05, 3.63) is 35.9 Å². The molecule has 1 unspecified atom stereocenters. The van der Waals surface area contributed by atoms with E-state index < -0.39 is 6.23 Å². The van der Waals surface area contributed by atoms with E-state index >= 15 is 0 Å². The Morgan fingerprint density at radius 1 is 1.14 bits per heavy atom. The normalized spacial score (nSPS) is 13.1. The van der Waals surface area contributed by atoms with Crippen LogP contribution in [0.1, 0.15) is 57.4 Å². The third kappa shape index (κ3) is 10.4. The summed E-state index contributed by atoms with van der Waals surface area (Å²) in [6.07, 6.45) is 7.21. The van der Waals surface area contributed by atoms with Crippen LogP contribution in [-0.4, -0.2) is 54.7 Å². The van der Waals surface area contributed by atoms with E-state index in [2.05, 4.69) is 10.6 Å². The summed E-state index contributed by atoms with van der Waals surface area (Å²) >= 11 is 0. The molecule has 0 aliphatic heterocycles. The molecule has 0 aromatic heterocycles. The summed E-state index contributed by atoms with van der Waals surface area (Å²) in [7, 11) is 1.88. The van der Waals surface area contributed by atoms with Crippen LogP contribution in [0.3, 0.4) is 0 Å². The molecule has 0 saturated carbocycles. The molecule has 158 valence electrons. The highest BCUT2D eigenvalue weighted by molar-refractivity contribution is 5.75. The first-order chi connectivity index (χ1) is 13.6. The highest BCUT2D eigenvalue weighted by atomic mass is 16.3. The number of nitrogens with zero attached hydrogens (tertiary/aromatic N) is 1. The molecule has 0 bridgehead atoms. The van der Waals surface area contributed by atoms with Gasteiger partial charge in [-0.1, -0.05) is 56.5 Å². The second kappa shape index (κ2) is 15.1. The van der Waals surface area contributed by atoms with Crippen LogP contribution in [-0.2, 0) is 16.0 Å². The van der Waals surface area contributed by atoms with Gasteiger partial charge in [0.2, 0.25) is 12.3 Å². The van der Waals surface area contributed by atoms with Gasteiger partial charge in [0.25, 0.3) is 0 Å². The molecule has 0 radical (unpaired) electrons. The Morgan fingerprint density at radius 2 is 1.82 bits per heavy atom. The SMILES string of the molecule is CCCNC(=O)CCCCCCCN(C)C(O)[C@@H](Cc1ccccc1)NC=O. The van der Waals surface area contributed by atoms with Gasteiger partial charge in [-0.25, -0.2) is 0 Å². The molecular weight excluding hydrogens is 354 g/mol. The fourth-order valence-electron chi connectivity index (χ4n) is 3.18. The molecule has 1 aromatic rings. The molecule has 0 fully saturated rings. The molecule has 1 rings (SSSR count). The third-order valence-electron chi connectivity index (χ3n) is 4.88. The number of carbonyl (C=O) groups is 2. The number of likely N-dealkylation sites (N-methyl/N-ethyl adjacent to an activating group) is 1. The average molecular weight is 392 g/mol. The van der Waals surface area contributed by atoms with Crippen LogP contribution in [0, 0.1) is 0 Å². The van der Waals surface area contributed by atoms with Crippen molar-refractivity contribution in [2.24, 2.45) is 0 Å². The van der Waals surface area contributed by atoms with Crippen molar-refractivity contribution in [3.63, 3.8) is 0 Å². The fourth-order valence-corrected chi connectivity index (χ4v) is 3.18. The Labute approximate surface area is 169 Å². The van der Waals surface area contributed by atoms with E-state index in [1.165, 1.54) is 0 Å². The molecule has 1 aromatic carbocycles. The predicted octanol–water partition coefficient (Wildman–Crippen LogP) is 2.46. The van der Waals surface area contributed by atoms with Crippen LogP contribution >= 0.6 is 0 Å². The maximum Gasteiger partial charge on any atom is 0.219 e. The lowest BCUT2D eigenvalue weighted by atomic mass is 10.0. The molecule has 3 N–H and O–H groups in total. The monoisotopic (exact) mass is 391 g/mol. The Bertz CT molecular complexity index is 539. The number of rotatable bonds is 16. The van der Waals surface area contributed by atoms with Crippen LogP contribution < -0.4 is 10.6 Å². The van der Waals surface area contributed by atoms with E-state index in [4.69, 9.17) is 0 Å².